The van der Waals surface area contributed by atoms with Crippen LogP contribution in [0.2, 0.25) is 0 Å². The first-order valence-corrected chi connectivity index (χ1v) is 8.07. The number of hydrogen-bond acceptors (Lipinski definition) is 3. The molecule has 1 rings (SSSR count). The molecule has 0 aromatic heterocycles. The minimum absolute atomic E-state index is 0.253. The molecule has 1 amide bonds. The highest BCUT2D eigenvalue weighted by Gasteiger charge is 2.18. The number of amides is 1. The van der Waals surface area contributed by atoms with Gasteiger partial charge in [-0.05, 0) is 58.7 Å². The summed E-state index contributed by atoms with van der Waals surface area (Å²) in [5.41, 5.74) is 0.954. The van der Waals surface area contributed by atoms with Crippen LogP contribution in [-0.2, 0) is 11.2 Å². The topological polar surface area (TPSA) is 41.6 Å². The Hall–Kier alpha value is -1.55. The second-order valence-corrected chi connectivity index (χ2v) is 6.59. The van der Waals surface area contributed by atoms with E-state index in [1.165, 1.54) is 5.56 Å². The quantitative estimate of drug-likeness (QED) is 0.748. The van der Waals surface area contributed by atoms with E-state index in [0.717, 1.165) is 32.4 Å². The number of ether oxygens (including phenoxy) is 1. The van der Waals surface area contributed by atoms with Crippen LogP contribution in [0.1, 0.15) is 39.2 Å². The molecule has 0 aliphatic heterocycles. The smallest absolute Gasteiger partial charge is 0.410 e. The molecule has 0 aliphatic rings. The van der Waals surface area contributed by atoms with E-state index in [4.69, 9.17) is 4.74 Å². The molecule has 4 nitrogen and oxygen atoms in total. The van der Waals surface area contributed by atoms with Crippen molar-refractivity contribution in [3.05, 3.63) is 35.9 Å². The van der Waals surface area contributed by atoms with Crippen LogP contribution in [0.3, 0.4) is 0 Å². The molecule has 22 heavy (non-hydrogen) atoms. The van der Waals surface area contributed by atoms with E-state index in [1.54, 1.807) is 11.9 Å². The van der Waals surface area contributed by atoms with E-state index < -0.39 is 5.60 Å². The number of nitrogens with zero attached hydrogens (tertiary/aromatic N) is 1. The van der Waals surface area contributed by atoms with Crippen LogP contribution in [0.15, 0.2) is 30.3 Å². The fourth-order valence-electron chi connectivity index (χ4n) is 2.06. The number of hydrogen-bond donors (Lipinski definition) is 1. The lowest BCUT2D eigenvalue weighted by Gasteiger charge is -2.24. The standard InChI is InChI=1S/C18H30N2O2/c1-18(2,3)22-17(21)20(4)15-9-14-19-13-8-12-16-10-6-5-7-11-16/h5-7,10-11,19H,8-9,12-15H2,1-4H3. The number of benzene rings is 1. The Morgan fingerprint density at radius 1 is 1.14 bits per heavy atom. The van der Waals surface area contributed by atoms with Crippen molar-refractivity contribution in [1.82, 2.24) is 10.2 Å². The Morgan fingerprint density at radius 3 is 2.41 bits per heavy atom. The Bertz CT molecular complexity index is 426. The maximum atomic E-state index is 11.8. The molecular weight excluding hydrogens is 276 g/mol. The molecule has 0 unspecified atom stereocenters. The van der Waals surface area contributed by atoms with Crippen molar-refractivity contribution >= 4 is 6.09 Å². The van der Waals surface area contributed by atoms with Crippen LogP contribution in [0.25, 0.3) is 0 Å². The summed E-state index contributed by atoms with van der Waals surface area (Å²) in [5, 5.41) is 3.42. The Balaban J connectivity index is 2.02. The maximum Gasteiger partial charge on any atom is 0.410 e. The van der Waals surface area contributed by atoms with Gasteiger partial charge < -0.3 is 15.0 Å². The van der Waals surface area contributed by atoms with Gasteiger partial charge >= 0.3 is 6.09 Å². The lowest BCUT2D eigenvalue weighted by molar-refractivity contribution is 0.0297. The minimum Gasteiger partial charge on any atom is -0.444 e. The van der Waals surface area contributed by atoms with Gasteiger partial charge in [-0.1, -0.05) is 30.3 Å². The lowest BCUT2D eigenvalue weighted by Crippen LogP contribution is -2.35. The Kier molecular flexibility index (Phi) is 7.96. The fraction of sp³-hybridized carbons (Fsp3) is 0.611. The number of aryl methyl sites for hydroxylation is 1. The third-order valence-corrected chi connectivity index (χ3v) is 3.21. The number of carbonyl (C=O) groups is 1. The van der Waals surface area contributed by atoms with Crippen molar-refractivity contribution in [2.24, 2.45) is 0 Å². The molecular formula is C18H30N2O2. The summed E-state index contributed by atoms with van der Waals surface area (Å²) in [4.78, 5) is 13.4. The molecule has 1 aromatic carbocycles. The molecule has 0 fully saturated rings. The predicted octanol–water partition coefficient (Wildman–Crippen LogP) is 3.47. The summed E-state index contributed by atoms with van der Waals surface area (Å²) >= 11 is 0. The zero-order valence-corrected chi connectivity index (χ0v) is 14.4. The molecule has 0 aliphatic carbocycles. The first kappa shape index (κ1) is 18.5. The van der Waals surface area contributed by atoms with Crippen molar-refractivity contribution in [3.63, 3.8) is 0 Å². The van der Waals surface area contributed by atoms with E-state index in [-0.39, 0.29) is 6.09 Å². The molecule has 0 saturated heterocycles. The van der Waals surface area contributed by atoms with Crippen LogP contribution in [0, 0.1) is 0 Å². The van der Waals surface area contributed by atoms with Crippen LogP contribution >= 0.6 is 0 Å². The van der Waals surface area contributed by atoms with Crippen molar-refractivity contribution in [1.29, 1.82) is 0 Å². The normalized spacial score (nSPS) is 11.3. The molecule has 0 bridgehead atoms. The average molecular weight is 306 g/mol. The van der Waals surface area contributed by atoms with Crippen molar-refractivity contribution in [3.8, 4) is 0 Å². The van der Waals surface area contributed by atoms with E-state index in [0.29, 0.717) is 6.54 Å². The Morgan fingerprint density at radius 2 is 1.77 bits per heavy atom. The van der Waals surface area contributed by atoms with Gasteiger partial charge in [0.25, 0.3) is 0 Å². The van der Waals surface area contributed by atoms with Gasteiger partial charge in [-0.15, -0.1) is 0 Å². The molecule has 1 N–H and O–H groups in total. The first-order valence-electron chi connectivity index (χ1n) is 8.07. The highest BCUT2D eigenvalue weighted by atomic mass is 16.6. The molecule has 124 valence electrons. The van der Waals surface area contributed by atoms with Crippen LogP contribution in [-0.4, -0.2) is 43.3 Å². The van der Waals surface area contributed by atoms with Crippen molar-refractivity contribution in [2.45, 2.75) is 45.6 Å². The number of rotatable bonds is 8. The van der Waals surface area contributed by atoms with Gasteiger partial charge in [-0.3, -0.25) is 0 Å². The molecule has 0 radical (unpaired) electrons. The summed E-state index contributed by atoms with van der Waals surface area (Å²) < 4.78 is 5.31. The third kappa shape index (κ3) is 8.67. The van der Waals surface area contributed by atoms with Crippen LogP contribution in [0.4, 0.5) is 4.79 Å². The number of carbonyl (C=O) groups excluding carboxylic acids is 1. The van der Waals surface area contributed by atoms with Gasteiger partial charge in [0.2, 0.25) is 0 Å². The summed E-state index contributed by atoms with van der Waals surface area (Å²) in [6.07, 6.45) is 2.91. The Labute approximate surface area is 134 Å². The van der Waals surface area contributed by atoms with Gasteiger partial charge in [0.1, 0.15) is 5.60 Å². The van der Waals surface area contributed by atoms with Gasteiger partial charge in [-0.25, -0.2) is 4.79 Å². The summed E-state index contributed by atoms with van der Waals surface area (Å²) in [6, 6.07) is 10.5. The fourth-order valence-corrected chi connectivity index (χ4v) is 2.06. The van der Waals surface area contributed by atoms with E-state index >= 15 is 0 Å². The molecule has 0 atom stereocenters. The second-order valence-electron chi connectivity index (χ2n) is 6.59. The van der Waals surface area contributed by atoms with Gasteiger partial charge in [0.15, 0.2) is 0 Å². The first-order chi connectivity index (χ1) is 10.4. The van der Waals surface area contributed by atoms with Gasteiger partial charge in [0.05, 0.1) is 0 Å². The van der Waals surface area contributed by atoms with Crippen LogP contribution < -0.4 is 5.32 Å². The van der Waals surface area contributed by atoms with Crippen molar-refractivity contribution in [2.75, 3.05) is 26.7 Å². The maximum absolute atomic E-state index is 11.8. The largest absolute Gasteiger partial charge is 0.444 e. The van der Waals surface area contributed by atoms with E-state index in [1.807, 2.05) is 26.8 Å². The minimum atomic E-state index is -0.430. The molecule has 0 spiro atoms. The van der Waals surface area contributed by atoms with E-state index in [9.17, 15) is 4.79 Å². The molecule has 1 aromatic rings. The summed E-state index contributed by atoms with van der Waals surface area (Å²) in [7, 11) is 1.78. The average Bonchev–Trinajstić information content (AvgIpc) is 2.45. The zero-order chi connectivity index (χ0) is 16.4. The summed E-state index contributed by atoms with van der Waals surface area (Å²) in [6.45, 7) is 8.28. The highest BCUT2D eigenvalue weighted by molar-refractivity contribution is 5.67. The summed E-state index contributed by atoms with van der Waals surface area (Å²) in [5.74, 6) is 0. The van der Waals surface area contributed by atoms with Gasteiger partial charge in [-0.2, -0.15) is 0 Å². The molecule has 0 saturated carbocycles. The second kappa shape index (κ2) is 9.46. The molecule has 4 heteroatoms. The predicted molar refractivity (Wildman–Crippen MR) is 91.1 cm³/mol. The highest BCUT2D eigenvalue weighted by Crippen LogP contribution is 2.09. The number of nitrogens with one attached hydrogen (secondary N) is 1. The molecule has 0 heterocycles. The van der Waals surface area contributed by atoms with Crippen molar-refractivity contribution < 1.29 is 9.53 Å². The monoisotopic (exact) mass is 306 g/mol. The van der Waals surface area contributed by atoms with Crippen LogP contribution in [0.5, 0.6) is 0 Å². The zero-order valence-electron chi connectivity index (χ0n) is 14.4. The van der Waals surface area contributed by atoms with Gasteiger partial charge in [0, 0.05) is 13.6 Å². The lowest BCUT2D eigenvalue weighted by atomic mass is 10.1. The SMILES string of the molecule is CN(CCCNCCCc1ccccc1)C(=O)OC(C)(C)C. The third-order valence-electron chi connectivity index (χ3n) is 3.21. The van der Waals surface area contributed by atoms with E-state index in [2.05, 4.69) is 29.6 Å².